The summed E-state index contributed by atoms with van der Waals surface area (Å²) in [6.07, 6.45) is 53.3. The summed E-state index contributed by atoms with van der Waals surface area (Å²) in [4.78, 5) is 72.3. The van der Waals surface area contributed by atoms with Crippen molar-refractivity contribution in [3.05, 3.63) is 0 Å². The van der Waals surface area contributed by atoms with E-state index in [1.165, 1.54) is 193 Å². The lowest BCUT2D eigenvalue weighted by Gasteiger charge is -2.21. The minimum absolute atomic E-state index is 0.107. The first-order chi connectivity index (χ1) is 44.0. The predicted octanol–water partition coefficient (Wildman–Crippen LogP) is 20.9. The molecule has 0 aliphatic rings. The van der Waals surface area contributed by atoms with Gasteiger partial charge in [0.2, 0.25) is 0 Å². The molecule has 0 aliphatic carbocycles. The first-order valence-corrected chi connectivity index (χ1v) is 40.6. The van der Waals surface area contributed by atoms with E-state index in [1.54, 1.807) is 0 Å². The van der Waals surface area contributed by atoms with Gasteiger partial charge in [-0.3, -0.25) is 37.3 Å². The molecule has 0 fully saturated rings. The normalized spacial score (nSPS) is 14.0. The van der Waals surface area contributed by atoms with Crippen LogP contribution in [0.3, 0.4) is 0 Å². The average Bonchev–Trinajstić information content (AvgIpc) is 3.72. The Morgan fingerprint density at radius 1 is 0.297 bits per heavy atom. The van der Waals surface area contributed by atoms with Gasteiger partial charge in [-0.25, -0.2) is 9.13 Å². The van der Waals surface area contributed by atoms with E-state index in [1.807, 2.05) is 0 Å². The zero-order chi connectivity index (χ0) is 67.0. The Kier molecular flexibility index (Phi) is 64.0. The molecule has 0 aliphatic heterocycles. The highest BCUT2D eigenvalue weighted by Crippen LogP contribution is 2.45. The van der Waals surface area contributed by atoms with E-state index in [-0.39, 0.29) is 25.7 Å². The topological polar surface area (TPSA) is 237 Å². The second-order valence-corrected chi connectivity index (χ2v) is 29.4. The smallest absolute Gasteiger partial charge is 0.462 e. The molecule has 0 rings (SSSR count). The zero-order valence-electron chi connectivity index (χ0n) is 59.0. The fraction of sp³-hybridized carbons (Fsp3) is 0.944. The Hall–Kier alpha value is -1.94. The molecule has 0 radical (unpaired) electrons. The molecular formula is C72H140O17P2. The number of aliphatic hydroxyl groups excluding tert-OH is 1. The molecular weight excluding hydrogens is 1200 g/mol. The summed E-state index contributed by atoms with van der Waals surface area (Å²) < 4.78 is 68.1. The van der Waals surface area contributed by atoms with E-state index in [2.05, 4.69) is 34.6 Å². The Morgan fingerprint density at radius 2 is 0.505 bits per heavy atom. The molecule has 3 N–H and O–H groups in total. The van der Waals surface area contributed by atoms with Gasteiger partial charge < -0.3 is 33.8 Å². The van der Waals surface area contributed by atoms with E-state index in [0.29, 0.717) is 25.7 Å². The molecule has 0 heterocycles. The lowest BCUT2D eigenvalue weighted by molar-refractivity contribution is -0.161. The van der Waals surface area contributed by atoms with Crippen molar-refractivity contribution in [3.8, 4) is 0 Å². The molecule has 0 aromatic carbocycles. The molecule has 91 heavy (non-hydrogen) atoms. The fourth-order valence-electron chi connectivity index (χ4n) is 11.0. The van der Waals surface area contributed by atoms with Gasteiger partial charge in [0.25, 0.3) is 0 Å². The molecule has 0 amide bonds. The van der Waals surface area contributed by atoms with Crippen molar-refractivity contribution in [1.82, 2.24) is 0 Å². The summed E-state index contributed by atoms with van der Waals surface area (Å²) in [5.74, 6) is -1.39. The van der Waals surface area contributed by atoms with Crippen molar-refractivity contribution < 1.29 is 80.2 Å². The summed E-state index contributed by atoms with van der Waals surface area (Å²) >= 11 is 0. The molecule has 0 bridgehead atoms. The molecule has 2 unspecified atom stereocenters. The van der Waals surface area contributed by atoms with Crippen LogP contribution in [0.5, 0.6) is 0 Å². The summed E-state index contributed by atoms with van der Waals surface area (Å²) in [6.45, 7) is 7.15. The number of phosphoric ester groups is 2. The van der Waals surface area contributed by atoms with Crippen LogP contribution in [-0.2, 0) is 65.4 Å². The maximum absolute atomic E-state index is 13.0. The van der Waals surface area contributed by atoms with Crippen molar-refractivity contribution in [2.24, 2.45) is 5.92 Å². The number of aliphatic hydroxyl groups is 1. The van der Waals surface area contributed by atoms with Gasteiger partial charge in [0.1, 0.15) is 19.3 Å². The van der Waals surface area contributed by atoms with Crippen molar-refractivity contribution in [3.63, 3.8) is 0 Å². The van der Waals surface area contributed by atoms with Crippen molar-refractivity contribution >= 4 is 39.5 Å². The molecule has 540 valence electrons. The Balaban J connectivity index is 5.08. The first-order valence-electron chi connectivity index (χ1n) is 37.6. The number of carbonyl (C=O) groups is 4. The number of ether oxygens (including phenoxy) is 4. The predicted molar refractivity (Wildman–Crippen MR) is 368 cm³/mol. The van der Waals surface area contributed by atoms with Crippen LogP contribution in [0.2, 0.25) is 0 Å². The van der Waals surface area contributed by atoms with E-state index in [0.717, 1.165) is 102 Å². The van der Waals surface area contributed by atoms with Gasteiger partial charge in [-0.15, -0.1) is 0 Å². The average molecular weight is 1340 g/mol. The second kappa shape index (κ2) is 65.4. The van der Waals surface area contributed by atoms with Gasteiger partial charge in [-0.2, -0.15) is 0 Å². The minimum Gasteiger partial charge on any atom is -0.462 e. The third-order valence-electron chi connectivity index (χ3n) is 16.8. The van der Waals surface area contributed by atoms with Gasteiger partial charge in [0.15, 0.2) is 12.2 Å². The fourth-order valence-corrected chi connectivity index (χ4v) is 12.6. The van der Waals surface area contributed by atoms with Crippen molar-refractivity contribution in [1.29, 1.82) is 0 Å². The molecule has 0 saturated heterocycles. The lowest BCUT2D eigenvalue weighted by Crippen LogP contribution is -2.30. The molecule has 17 nitrogen and oxygen atoms in total. The number of unbranched alkanes of at least 4 members (excludes halogenated alkanes) is 44. The Bertz CT molecular complexity index is 1750. The van der Waals surface area contributed by atoms with Gasteiger partial charge in [-0.1, -0.05) is 324 Å². The molecule has 19 heteroatoms. The maximum Gasteiger partial charge on any atom is 0.472 e. The van der Waals surface area contributed by atoms with Crippen LogP contribution in [0.25, 0.3) is 0 Å². The molecule has 0 aromatic heterocycles. The van der Waals surface area contributed by atoms with Crippen molar-refractivity contribution in [2.75, 3.05) is 39.6 Å². The third kappa shape index (κ3) is 66.5. The highest BCUT2D eigenvalue weighted by molar-refractivity contribution is 7.47. The van der Waals surface area contributed by atoms with Crippen LogP contribution in [0.4, 0.5) is 0 Å². The molecule has 0 saturated carbocycles. The minimum atomic E-state index is -4.95. The summed E-state index contributed by atoms with van der Waals surface area (Å²) in [5.41, 5.74) is 0. The number of hydrogen-bond donors (Lipinski definition) is 3. The molecule has 0 aromatic rings. The quantitative estimate of drug-likeness (QED) is 0.0222. The summed E-state index contributed by atoms with van der Waals surface area (Å²) in [6, 6.07) is 0. The number of esters is 4. The van der Waals surface area contributed by atoms with E-state index in [9.17, 15) is 43.2 Å². The van der Waals surface area contributed by atoms with E-state index in [4.69, 9.17) is 37.0 Å². The summed E-state index contributed by atoms with van der Waals surface area (Å²) in [7, 11) is -9.89. The number of phosphoric acid groups is 2. The maximum atomic E-state index is 13.0. The SMILES string of the molecule is CCCCCCCCCCCCCCCCCCCCCCCCC(=O)O[C@H](COC(=O)CCCCCCCCCCCC(C)C)COP(=O)(O)OC[C@@H](O)COP(=O)(O)OC[C@@H](COC(=O)CCCCCCC)OC(=O)CCCCCCCCCCCCCC. The monoisotopic (exact) mass is 1340 g/mol. The second-order valence-electron chi connectivity index (χ2n) is 26.5. The lowest BCUT2D eigenvalue weighted by atomic mass is 10.0. The van der Waals surface area contributed by atoms with E-state index < -0.39 is 97.5 Å². The number of hydrogen-bond acceptors (Lipinski definition) is 15. The van der Waals surface area contributed by atoms with Crippen LogP contribution in [0.1, 0.15) is 375 Å². The van der Waals surface area contributed by atoms with Gasteiger partial charge >= 0.3 is 39.5 Å². The van der Waals surface area contributed by atoms with Crippen LogP contribution < -0.4 is 0 Å². The largest absolute Gasteiger partial charge is 0.472 e. The Morgan fingerprint density at radius 3 is 0.747 bits per heavy atom. The van der Waals surface area contributed by atoms with Crippen molar-refractivity contribution in [2.45, 2.75) is 393 Å². The summed E-state index contributed by atoms with van der Waals surface area (Å²) in [5, 5.41) is 10.6. The highest BCUT2D eigenvalue weighted by atomic mass is 31.2. The van der Waals surface area contributed by atoms with Gasteiger partial charge in [0.05, 0.1) is 26.4 Å². The van der Waals surface area contributed by atoms with Crippen LogP contribution in [-0.4, -0.2) is 96.7 Å². The zero-order valence-corrected chi connectivity index (χ0v) is 60.8. The van der Waals surface area contributed by atoms with Crippen LogP contribution >= 0.6 is 15.6 Å². The molecule has 5 atom stereocenters. The number of rotatable bonds is 72. The van der Waals surface area contributed by atoms with E-state index >= 15 is 0 Å². The van der Waals surface area contributed by atoms with Gasteiger partial charge in [0, 0.05) is 25.7 Å². The van der Waals surface area contributed by atoms with Gasteiger partial charge in [-0.05, 0) is 31.6 Å². The van der Waals surface area contributed by atoms with Crippen LogP contribution in [0.15, 0.2) is 0 Å². The Labute approximate surface area is 556 Å². The molecule has 0 spiro atoms. The standard InChI is InChI=1S/C72H140O17P2/c1-6-9-12-15-17-19-21-23-24-25-26-27-28-29-30-31-32-34-38-43-48-53-58-72(77)89-68(62-83-70(75)56-51-46-41-39-35-36-40-45-49-54-65(4)5)64-87-91(80,81)85-60-66(73)59-84-90(78,79)86-63-67(61-82-69(74)55-50-44-14-11-8-3)88-71(76)57-52-47-42-37-33-22-20-18-16-13-10-7-2/h65-68,73H,6-64H2,1-5H3,(H,78,79)(H,80,81)/t66-,67+,68+/m0/s1. The highest BCUT2D eigenvalue weighted by Gasteiger charge is 2.30. The third-order valence-corrected chi connectivity index (χ3v) is 18.7. The van der Waals surface area contributed by atoms with Crippen LogP contribution in [0, 0.1) is 5.92 Å². The first kappa shape index (κ1) is 89.1. The number of carbonyl (C=O) groups excluding carboxylic acids is 4.